The molecule has 0 bridgehead atoms. The quantitative estimate of drug-likeness (QED) is 0.495. The Balaban J connectivity index is 2.06. The first-order chi connectivity index (χ1) is 9.69. The van der Waals surface area contributed by atoms with Gasteiger partial charge in [0, 0.05) is 20.9 Å². The normalized spacial score (nSPS) is 12.8. The highest BCUT2D eigenvalue weighted by molar-refractivity contribution is 9.13. The third-order valence-electron chi connectivity index (χ3n) is 3.06. The van der Waals surface area contributed by atoms with Gasteiger partial charge in [-0.05, 0) is 55.6 Å². The van der Waals surface area contributed by atoms with Crippen LogP contribution in [0.5, 0.6) is 0 Å². The molecule has 3 nitrogen and oxygen atoms in total. The second-order valence-corrected chi connectivity index (χ2v) is 7.59. The number of hydrazine groups is 1. The number of aromatic nitrogens is 1. The molecule has 0 aliphatic rings. The first-order valence-electron chi connectivity index (χ1n) is 5.94. The third kappa shape index (κ3) is 2.66. The molecule has 6 heteroatoms. The molecule has 1 aromatic carbocycles. The van der Waals surface area contributed by atoms with Gasteiger partial charge in [-0.2, -0.15) is 0 Å². The molecule has 102 valence electrons. The van der Waals surface area contributed by atoms with Crippen LogP contribution >= 0.6 is 43.2 Å². The number of pyridine rings is 1. The van der Waals surface area contributed by atoms with Crippen LogP contribution in [0.2, 0.25) is 0 Å². The lowest BCUT2D eigenvalue weighted by Crippen LogP contribution is -2.28. The lowest BCUT2D eigenvalue weighted by molar-refractivity contribution is 0.645. The number of nitrogens with two attached hydrogens (primary N) is 1. The summed E-state index contributed by atoms with van der Waals surface area (Å²) in [6, 6.07) is 12.2. The predicted octanol–water partition coefficient (Wildman–Crippen LogP) is 4.37. The molecular weight excluding hydrogens is 402 g/mol. The van der Waals surface area contributed by atoms with E-state index < -0.39 is 0 Å². The van der Waals surface area contributed by atoms with Crippen molar-refractivity contribution < 1.29 is 0 Å². The zero-order chi connectivity index (χ0) is 14.1. The summed E-state index contributed by atoms with van der Waals surface area (Å²) >= 11 is 8.67. The first kappa shape index (κ1) is 14.2. The standard InChI is InChI=1S/C14H11Br2N3S/c15-10-6-12(20-14(10)16)13(19-17)9-5-8-3-1-2-4-11(8)18-7-9/h1-7,13,19H,17H2. The molecule has 0 fully saturated rings. The van der Waals surface area contributed by atoms with E-state index in [-0.39, 0.29) is 6.04 Å². The molecule has 2 aromatic heterocycles. The van der Waals surface area contributed by atoms with Gasteiger partial charge in [-0.1, -0.05) is 18.2 Å². The average molecular weight is 413 g/mol. The molecule has 3 rings (SSSR count). The van der Waals surface area contributed by atoms with E-state index in [1.165, 1.54) is 0 Å². The Kier molecular flexibility index (Phi) is 4.18. The van der Waals surface area contributed by atoms with Crippen molar-refractivity contribution in [3.05, 3.63) is 61.3 Å². The maximum Gasteiger partial charge on any atom is 0.0843 e. The molecular formula is C14H11Br2N3S. The number of hydrogen-bond acceptors (Lipinski definition) is 4. The molecule has 3 aromatic rings. The molecule has 1 atom stereocenters. The summed E-state index contributed by atoms with van der Waals surface area (Å²) < 4.78 is 2.09. The highest BCUT2D eigenvalue weighted by atomic mass is 79.9. The van der Waals surface area contributed by atoms with Crippen molar-refractivity contribution in [1.29, 1.82) is 0 Å². The SMILES string of the molecule is NNC(c1cnc2ccccc2c1)c1cc(Br)c(Br)s1. The van der Waals surface area contributed by atoms with Crippen LogP contribution in [0.15, 0.2) is 50.9 Å². The van der Waals surface area contributed by atoms with Crippen LogP contribution in [0.3, 0.4) is 0 Å². The molecule has 0 spiro atoms. The number of nitrogens with zero attached hydrogens (tertiary/aromatic N) is 1. The maximum atomic E-state index is 5.74. The molecule has 0 radical (unpaired) electrons. The summed E-state index contributed by atoms with van der Waals surface area (Å²) in [5.41, 5.74) is 4.90. The van der Waals surface area contributed by atoms with Crippen molar-refractivity contribution >= 4 is 54.1 Å². The van der Waals surface area contributed by atoms with Crippen molar-refractivity contribution in [3.8, 4) is 0 Å². The maximum absolute atomic E-state index is 5.74. The van der Waals surface area contributed by atoms with Gasteiger partial charge in [-0.15, -0.1) is 11.3 Å². The van der Waals surface area contributed by atoms with Crippen molar-refractivity contribution in [3.63, 3.8) is 0 Å². The van der Waals surface area contributed by atoms with E-state index >= 15 is 0 Å². The van der Waals surface area contributed by atoms with Crippen molar-refractivity contribution in [1.82, 2.24) is 10.4 Å². The second kappa shape index (κ2) is 5.91. The number of nitrogens with one attached hydrogen (secondary N) is 1. The van der Waals surface area contributed by atoms with Gasteiger partial charge in [0.25, 0.3) is 0 Å². The molecule has 0 aliphatic carbocycles. The summed E-state index contributed by atoms with van der Waals surface area (Å²) in [6.07, 6.45) is 1.87. The summed E-state index contributed by atoms with van der Waals surface area (Å²) in [7, 11) is 0. The number of halogens is 2. The van der Waals surface area contributed by atoms with Crippen LogP contribution in [0, 0.1) is 0 Å². The molecule has 2 heterocycles. The Labute approximate surface area is 137 Å². The minimum absolute atomic E-state index is 0.0697. The Morgan fingerprint density at radius 3 is 2.70 bits per heavy atom. The number of hydrogen-bond donors (Lipinski definition) is 2. The topological polar surface area (TPSA) is 50.9 Å². The zero-order valence-electron chi connectivity index (χ0n) is 10.3. The van der Waals surface area contributed by atoms with E-state index in [2.05, 4.69) is 60.5 Å². The number of thiophene rings is 1. The summed E-state index contributed by atoms with van der Waals surface area (Å²) in [5.74, 6) is 5.74. The zero-order valence-corrected chi connectivity index (χ0v) is 14.3. The van der Waals surface area contributed by atoms with Crippen LogP contribution in [-0.2, 0) is 0 Å². The van der Waals surface area contributed by atoms with Crippen molar-refractivity contribution in [2.24, 2.45) is 5.84 Å². The predicted molar refractivity (Wildman–Crippen MR) is 90.6 cm³/mol. The molecule has 0 saturated carbocycles. The van der Waals surface area contributed by atoms with E-state index in [1.54, 1.807) is 11.3 Å². The Bertz CT molecular complexity index is 738. The monoisotopic (exact) mass is 411 g/mol. The summed E-state index contributed by atoms with van der Waals surface area (Å²) in [6.45, 7) is 0. The van der Waals surface area contributed by atoms with E-state index in [0.29, 0.717) is 0 Å². The van der Waals surface area contributed by atoms with E-state index in [1.807, 2.05) is 24.4 Å². The van der Waals surface area contributed by atoms with Gasteiger partial charge in [-0.3, -0.25) is 10.8 Å². The van der Waals surface area contributed by atoms with Crippen molar-refractivity contribution in [2.45, 2.75) is 6.04 Å². The van der Waals surface area contributed by atoms with Gasteiger partial charge >= 0.3 is 0 Å². The van der Waals surface area contributed by atoms with Gasteiger partial charge in [0.1, 0.15) is 0 Å². The number of para-hydroxylation sites is 1. The number of benzene rings is 1. The summed E-state index contributed by atoms with van der Waals surface area (Å²) in [4.78, 5) is 5.62. The van der Waals surface area contributed by atoms with E-state index in [9.17, 15) is 0 Å². The molecule has 0 amide bonds. The third-order valence-corrected chi connectivity index (χ3v) is 6.38. The Morgan fingerprint density at radius 2 is 2.00 bits per heavy atom. The van der Waals surface area contributed by atoms with Gasteiger partial charge in [0.2, 0.25) is 0 Å². The molecule has 1 unspecified atom stereocenters. The van der Waals surface area contributed by atoms with E-state index in [4.69, 9.17) is 5.84 Å². The van der Waals surface area contributed by atoms with Crippen LogP contribution in [0.25, 0.3) is 10.9 Å². The minimum atomic E-state index is -0.0697. The number of fused-ring (bicyclic) bond motifs is 1. The highest BCUT2D eigenvalue weighted by Gasteiger charge is 2.17. The Morgan fingerprint density at radius 1 is 1.20 bits per heavy atom. The lowest BCUT2D eigenvalue weighted by atomic mass is 10.1. The van der Waals surface area contributed by atoms with Gasteiger partial charge in [-0.25, -0.2) is 5.43 Å². The Hall–Kier alpha value is -0.790. The van der Waals surface area contributed by atoms with Gasteiger partial charge in [0.05, 0.1) is 15.3 Å². The van der Waals surface area contributed by atoms with E-state index in [0.717, 1.165) is 29.6 Å². The first-order valence-corrected chi connectivity index (χ1v) is 8.35. The minimum Gasteiger partial charge on any atom is -0.271 e. The van der Waals surface area contributed by atoms with Crippen molar-refractivity contribution in [2.75, 3.05) is 0 Å². The highest BCUT2D eigenvalue weighted by Crippen LogP contribution is 2.37. The van der Waals surface area contributed by atoms with Crippen LogP contribution in [0.4, 0.5) is 0 Å². The average Bonchev–Trinajstić information content (AvgIpc) is 2.79. The fourth-order valence-corrected chi connectivity index (χ4v) is 4.27. The fraction of sp³-hybridized carbons (Fsp3) is 0.0714. The molecule has 0 aliphatic heterocycles. The van der Waals surface area contributed by atoms with Crippen LogP contribution in [-0.4, -0.2) is 4.98 Å². The smallest absolute Gasteiger partial charge is 0.0843 e. The number of rotatable bonds is 3. The lowest BCUT2D eigenvalue weighted by Gasteiger charge is -2.14. The second-order valence-electron chi connectivity index (χ2n) is 4.33. The summed E-state index contributed by atoms with van der Waals surface area (Å²) in [5, 5.41) is 1.11. The fourth-order valence-electron chi connectivity index (χ4n) is 2.09. The van der Waals surface area contributed by atoms with Crippen LogP contribution < -0.4 is 11.3 Å². The van der Waals surface area contributed by atoms with Gasteiger partial charge < -0.3 is 0 Å². The molecule has 0 saturated heterocycles. The van der Waals surface area contributed by atoms with Crippen LogP contribution in [0.1, 0.15) is 16.5 Å². The largest absolute Gasteiger partial charge is 0.271 e. The molecule has 3 N–H and O–H groups in total. The molecule has 20 heavy (non-hydrogen) atoms. The van der Waals surface area contributed by atoms with Gasteiger partial charge in [0.15, 0.2) is 0 Å².